The average molecular weight is 395 g/mol. The van der Waals surface area contributed by atoms with Crippen LogP contribution in [0.3, 0.4) is 0 Å². The van der Waals surface area contributed by atoms with Crippen molar-refractivity contribution in [2.75, 3.05) is 26.2 Å². The second-order valence-corrected chi connectivity index (χ2v) is 9.58. The summed E-state index contributed by atoms with van der Waals surface area (Å²) in [6.45, 7) is 4.72. The smallest absolute Gasteiger partial charge is 0.270 e. The van der Waals surface area contributed by atoms with Crippen LogP contribution in [0.4, 0.5) is 5.69 Å². The van der Waals surface area contributed by atoms with Crippen molar-refractivity contribution in [3.05, 3.63) is 33.9 Å². The molecule has 1 aliphatic heterocycles. The van der Waals surface area contributed by atoms with Crippen LogP contribution in [-0.2, 0) is 14.8 Å². The first-order chi connectivity index (χ1) is 12.6. The fourth-order valence-corrected chi connectivity index (χ4v) is 5.67. The molecule has 3 rings (SSSR count). The molecule has 0 aromatic heterocycles. The minimum atomic E-state index is -3.84. The second-order valence-electron chi connectivity index (χ2n) is 7.67. The summed E-state index contributed by atoms with van der Waals surface area (Å²) in [5.41, 5.74) is -0.0998. The van der Waals surface area contributed by atoms with Gasteiger partial charge in [0.25, 0.3) is 5.69 Å². The van der Waals surface area contributed by atoms with Gasteiger partial charge in [0.05, 0.1) is 9.82 Å². The van der Waals surface area contributed by atoms with Gasteiger partial charge < -0.3 is 4.90 Å². The number of nitrogens with zero attached hydrogens (tertiary/aromatic N) is 3. The van der Waals surface area contributed by atoms with Gasteiger partial charge in [0.15, 0.2) is 0 Å². The molecule has 1 saturated carbocycles. The zero-order chi connectivity index (χ0) is 19.8. The molecule has 1 aliphatic carbocycles. The van der Waals surface area contributed by atoms with Gasteiger partial charge in [-0.25, -0.2) is 8.42 Å². The number of hydrogen-bond donors (Lipinski definition) is 0. The Morgan fingerprint density at radius 3 is 2.30 bits per heavy atom. The number of rotatable bonds is 4. The molecular weight excluding hydrogens is 370 g/mol. The summed E-state index contributed by atoms with van der Waals surface area (Å²) < 4.78 is 27.3. The molecular formula is C18H25N3O5S. The number of piperazine rings is 1. The highest BCUT2D eigenvalue weighted by Crippen LogP contribution is 2.39. The molecule has 8 nitrogen and oxygen atoms in total. The Bertz CT molecular complexity index is 854. The fraction of sp³-hybridized carbons (Fsp3) is 0.611. The van der Waals surface area contributed by atoms with Gasteiger partial charge in [0.2, 0.25) is 15.9 Å². The molecule has 0 N–H and O–H groups in total. The van der Waals surface area contributed by atoms with E-state index >= 15 is 0 Å². The standard InChI is InChI=1S/C18H25N3O5S/c1-14-5-6-15(21(23)24)13-16(14)27(25,26)20-11-9-19(10-12-20)17(22)18(2)7-3-4-8-18/h5-6,13H,3-4,7-12H2,1-2H3. The molecule has 1 amide bonds. The second kappa shape index (κ2) is 7.20. The van der Waals surface area contributed by atoms with Crippen molar-refractivity contribution in [3.8, 4) is 0 Å². The van der Waals surface area contributed by atoms with Crippen LogP contribution in [0.25, 0.3) is 0 Å². The Morgan fingerprint density at radius 2 is 1.74 bits per heavy atom. The summed E-state index contributed by atoms with van der Waals surface area (Å²) in [6, 6.07) is 3.86. The molecule has 0 spiro atoms. The van der Waals surface area contributed by atoms with E-state index in [0.29, 0.717) is 18.7 Å². The number of benzene rings is 1. The molecule has 1 heterocycles. The van der Waals surface area contributed by atoms with E-state index in [2.05, 4.69) is 0 Å². The molecule has 2 fully saturated rings. The molecule has 0 atom stereocenters. The molecule has 0 radical (unpaired) electrons. The first kappa shape index (κ1) is 19.8. The Kier molecular flexibility index (Phi) is 5.27. The van der Waals surface area contributed by atoms with Crippen LogP contribution in [-0.4, -0.2) is 54.6 Å². The van der Waals surface area contributed by atoms with Crippen LogP contribution < -0.4 is 0 Å². The first-order valence-electron chi connectivity index (χ1n) is 9.20. The lowest BCUT2D eigenvalue weighted by atomic mass is 9.87. The van der Waals surface area contributed by atoms with Crippen LogP contribution in [0.15, 0.2) is 23.1 Å². The highest BCUT2D eigenvalue weighted by molar-refractivity contribution is 7.89. The molecule has 1 aromatic rings. The Balaban J connectivity index is 1.74. The number of amides is 1. The molecule has 27 heavy (non-hydrogen) atoms. The third-order valence-corrected chi connectivity index (χ3v) is 7.79. The lowest BCUT2D eigenvalue weighted by Crippen LogP contribution is -2.53. The Hall–Kier alpha value is -2.00. The van der Waals surface area contributed by atoms with E-state index in [4.69, 9.17) is 0 Å². The minimum Gasteiger partial charge on any atom is -0.340 e. The lowest BCUT2D eigenvalue weighted by Gasteiger charge is -2.38. The fourth-order valence-electron chi connectivity index (χ4n) is 4.00. The van der Waals surface area contributed by atoms with Gasteiger partial charge in [0.1, 0.15) is 0 Å². The monoisotopic (exact) mass is 395 g/mol. The largest absolute Gasteiger partial charge is 0.340 e. The van der Waals surface area contributed by atoms with Crippen molar-refractivity contribution in [2.45, 2.75) is 44.4 Å². The number of carbonyl (C=O) groups is 1. The van der Waals surface area contributed by atoms with Gasteiger partial charge >= 0.3 is 0 Å². The van der Waals surface area contributed by atoms with Crippen LogP contribution in [0.2, 0.25) is 0 Å². The van der Waals surface area contributed by atoms with E-state index in [1.54, 1.807) is 11.8 Å². The molecule has 148 valence electrons. The van der Waals surface area contributed by atoms with Gasteiger partial charge in [-0.15, -0.1) is 0 Å². The van der Waals surface area contributed by atoms with Crippen molar-refractivity contribution in [1.82, 2.24) is 9.21 Å². The molecule has 1 saturated heterocycles. The van der Waals surface area contributed by atoms with Gasteiger partial charge in [-0.1, -0.05) is 25.8 Å². The topological polar surface area (TPSA) is 101 Å². The number of sulfonamides is 1. The maximum absolute atomic E-state index is 13.0. The Labute approximate surface area is 159 Å². The predicted molar refractivity (Wildman–Crippen MR) is 99.7 cm³/mol. The van der Waals surface area contributed by atoms with Crippen molar-refractivity contribution < 1.29 is 18.1 Å². The SMILES string of the molecule is Cc1ccc([N+](=O)[O-])cc1S(=O)(=O)N1CCN(C(=O)C2(C)CCCC2)CC1. The zero-order valence-electron chi connectivity index (χ0n) is 15.7. The van der Waals surface area contributed by atoms with E-state index < -0.39 is 14.9 Å². The van der Waals surface area contributed by atoms with E-state index in [0.717, 1.165) is 31.7 Å². The summed E-state index contributed by atoms with van der Waals surface area (Å²) in [4.78, 5) is 24.9. The quantitative estimate of drug-likeness (QED) is 0.575. The van der Waals surface area contributed by atoms with E-state index in [1.165, 1.54) is 16.4 Å². The summed E-state index contributed by atoms with van der Waals surface area (Å²) >= 11 is 0. The maximum Gasteiger partial charge on any atom is 0.270 e. The number of aryl methyl sites for hydroxylation is 1. The third kappa shape index (κ3) is 3.70. The highest BCUT2D eigenvalue weighted by Gasteiger charge is 2.41. The van der Waals surface area contributed by atoms with E-state index in [1.807, 2.05) is 6.92 Å². The number of carbonyl (C=O) groups excluding carboxylic acids is 1. The lowest BCUT2D eigenvalue weighted by molar-refractivity contribution is -0.385. The zero-order valence-corrected chi connectivity index (χ0v) is 16.5. The summed E-state index contributed by atoms with van der Waals surface area (Å²) in [5.74, 6) is 0.114. The molecule has 0 bridgehead atoms. The van der Waals surface area contributed by atoms with E-state index in [9.17, 15) is 23.3 Å². The Morgan fingerprint density at radius 1 is 1.15 bits per heavy atom. The number of hydrogen-bond acceptors (Lipinski definition) is 5. The summed E-state index contributed by atoms with van der Waals surface area (Å²) in [5, 5.41) is 11.0. The van der Waals surface area contributed by atoms with Crippen molar-refractivity contribution in [1.29, 1.82) is 0 Å². The van der Waals surface area contributed by atoms with Crippen LogP contribution in [0, 0.1) is 22.5 Å². The number of nitro benzene ring substituents is 1. The van der Waals surface area contributed by atoms with Crippen LogP contribution in [0.5, 0.6) is 0 Å². The van der Waals surface area contributed by atoms with Crippen molar-refractivity contribution >= 4 is 21.6 Å². The number of non-ortho nitro benzene ring substituents is 1. The van der Waals surface area contributed by atoms with Crippen LogP contribution in [0.1, 0.15) is 38.2 Å². The first-order valence-corrected chi connectivity index (χ1v) is 10.6. The van der Waals surface area contributed by atoms with Gasteiger partial charge in [0, 0.05) is 43.7 Å². The van der Waals surface area contributed by atoms with E-state index in [-0.39, 0.29) is 35.0 Å². The third-order valence-electron chi connectivity index (χ3n) is 5.75. The molecule has 1 aromatic carbocycles. The average Bonchev–Trinajstić information content (AvgIpc) is 3.09. The summed E-state index contributed by atoms with van der Waals surface area (Å²) in [7, 11) is -3.84. The predicted octanol–water partition coefficient (Wildman–Crippen LogP) is 2.32. The normalized spacial score (nSPS) is 20.6. The maximum atomic E-state index is 13.0. The minimum absolute atomic E-state index is 0.0424. The highest BCUT2D eigenvalue weighted by atomic mass is 32.2. The molecule has 0 unspecified atom stereocenters. The molecule has 2 aliphatic rings. The summed E-state index contributed by atoms with van der Waals surface area (Å²) in [6.07, 6.45) is 3.89. The van der Waals surface area contributed by atoms with Crippen molar-refractivity contribution in [2.24, 2.45) is 5.41 Å². The van der Waals surface area contributed by atoms with Crippen LogP contribution >= 0.6 is 0 Å². The van der Waals surface area contributed by atoms with Gasteiger partial charge in [-0.3, -0.25) is 14.9 Å². The number of nitro groups is 1. The molecule has 9 heteroatoms. The van der Waals surface area contributed by atoms with Crippen molar-refractivity contribution in [3.63, 3.8) is 0 Å². The van der Waals surface area contributed by atoms with Gasteiger partial charge in [-0.05, 0) is 25.3 Å². The van der Waals surface area contributed by atoms with Gasteiger partial charge in [-0.2, -0.15) is 4.31 Å².